The van der Waals surface area contributed by atoms with E-state index in [0.717, 1.165) is 23.9 Å². The second-order valence-electron chi connectivity index (χ2n) is 18.0. The minimum atomic E-state index is -1.65. The lowest BCUT2D eigenvalue weighted by Crippen LogP contribution is -2.82. The zero-order chi connectivity index (χ0) is 40.7. The van der Waals surface area contributed by atoms with E-state index in [-0.39, 0.29) is 35.0 Å². The SMILES string of the molecule is CC(C)=CCC[C@]1(C)C=Cc2c(O)c3c(c(CC=C(C)C)c2O1)O[C@]12C(C3=O)C(N3CCN(c4ccccn4)CC3)[C@@H]3CC1C(C)(C)O[C@@]2(C/C=C/C(=O)O)C3=O. The fourth-order valence-corrected chi connectivity index (χ4v) is 11.0. The molecule has 4 aliphatic heterocycles. The topological polar surface area (TPSA) is 139 Å². The van der Waals surface area contributed by atoms with Crippen LogP contribution in [0.1, 0.15) is 95.6 Å². The molecule has 57 heavy (non-hydrogen) atoms. The summed E-state index contributed by atoms with van der Waals surface area (Å²) in [6.07, 6.45) is 14.6. The van der Waals surface area contributed by atoms with Crippen LogP contribution in [0.3, 0.4) is 0 Å². The predicted molar refractivity (Wildman–Crippen MR) is 217 cm³/mol. The predicted octanol–water partition coefficient (Wildman–Crippen LogP) is 7.12. The Morgan fingerprint density at radius 1 is 1.00 bits per heavy atom. The first-order valence-corrected chi connectivity index (χ1v) is 20.4. The highest BCUT2D eigenvalue weighted by molar-refractivity contribution is 6.10. The van der Waals surface area contributed by atoms with Gasteiger partial charge in [-0.3, -0.25) is 14.5 Å². The van der Waals surface area contributed by atoms with Gasteiger partial charge in [0.1, 0.15) is 34.2 Å². The molecule has 2 N–H and O–H groups in total. The van der Waals surface area contributed by atoms with Gasteiger partial charge < -0.3 is 29.3 Å². The molecule has 1 aromatic heterocycles. The third-order valence-electron chi connectivity index (χ3n) is 13.4. The molecule has 5 fully saturated rings. The first-order valence-electron chi connectivity index (χ1n) is 20.4. The molecule has 1 spiro atoms. The number of carbonyl (C=O) groups excluding carboxylic acids is 2. The molecule has 1 aromatic carbocycles. The number of allylic oxidation sites excluding steroid dienone is 4. The summed E-state index contributed by atoms with van der Waals surface area (Å²) < 4.78 is 21.4. The molecule has 0 amide bonds. The summed E-state index contributed by atoms with van der Waals surface area (Å²) in [7, 11) is 0. The molecule has 3 unspecified atom stereocenters. The van der Waals surface area contributed by atoms with Crippen molar-refractivity contribution in [1.29, 1.82) is 0 Å². The highest BCUT2D eigenvalue weighted by Gasteiger charge is 2.85. The van der Waals surface area contributed by atoms with Crippen LogP contribution in [0.2, 0.25) is 0 Å². The molecule has 302 valence electrons. The maximum Gasteiger partial charge on any atom is 0.327 e. The Morgan fingerprint density at radius 3 is 2.40 bits per heavy atom. The quantitative estimate of drug-likeness (QED) is 0.188. The lowest BCUT2D eigenvalue weighted by molar-refractivity contribution is -0.213. The molecular weight excluding hydrogens is 723 g/mol. The summed E-state index contributed by atoms with van der Waals surface area (Å²) in [6.45, 7) is 16.5. The standard InChI is InChI=1S/C46H55N3O8/c1-27(2)12-10-18-44(7)20-17-29-38(52)35-39(53)36-37(49-24-22-48(23-25-49)33-13-8-9-21-47-33)31-26-32-43(5,6)57-45(42(31)54,19-11-14-34(50)51)46(32,36)56-41(35)30(40(29)55-44)16-15-28(3)4/h8-9,11-15,17,20-21,31-32,36-37,52H,10,16,18-19,22-26H2,1-7H3,(H,50,51)/b14-11+/t31-,32?,36?,37?,44+,45-,46-/m0/s1. The first kappa shape index (κ1) is 39.1. The van der Waals surface area contributed by atoms with Gasteiger partial charge in [-0.25, -0.2) is 9.78 Å². The molecular formula is C46H55N3O8. The van der Waals surface area contributed by atoms with Gasteiger partial charge >= 0.3 is 5.97 Å². The second-order valence-corrected chi connectivity index (χ2v) is 18.0. The molecule has 9 rings (SSSR count). The van der Waals surface area contributed by atoms with Crippen LogP contribution in [0.5, 0.6) is 17.2 Å². The number of anilines is 1. The largest absolute Gasteiger partial charge is 0.506 e. The van der Waals surface area contributed by atoms with E-state index >= 15 is 9.59 Å². The van der Waals surface area contributed by atoms with E-state index in [1.807, 2.05) is 65.0 Å². The Balaban J connectivity index is 1.31. The van der Waals surface area contributed by atoms with Crippen LogP contribution in [0.4, 0.5) is 5.82 Å². The van der Waals surface area contributed by atoms with Crippen molar-refractivity contribution in [2.75, 3.05) is 31.1 Å². The highest BCUT2D eigenvalue weighted by atomic mass is 16.6. The van der Waals surface area contributed by atoms with E-state index in [1.165, 1.54) is 11.6 Å². The number of aliphatic carboxylic acids is 1. The Kier molecular flexibility index (Phi) is 9.59. The molecule has 4 bridgehead atoms. The summed E-state index contributed by atoms with van der Waals surface area (Å²) in [4.78, 5) is 52.0. The number of carbonyl (C=O) groups is 3. The van der Waals surface area contributed by atoms with Gasteiger partial charge in [-0.1, -0.05) is 35.4 Å². The van der Waals surface area contributed by atoms with E-state index in [4.69, 9.17) is 14.2 Å². The van der Waals surface area contributed by atoms with Crippen molar-refractivity contribution in [3.8, 4) is 17.2 Å². The maximum atomic E-state index is 15.8. The molecule has 11 heteroatoms. The summed E-state index contributed by atoms with van der Waals surface area (Å²) >= 11 is 0. The van der Waals surface area contributed by atoms with Crippen molar-refractivity contribution in [2.24, 2.45) is 17.8 Å². The summed E-state index contributed by atoms with van der Waals surface area (Å²) in [6, 6.07) is 5.30. The van der Waals surface area contributed by atoms with Crippen LogP contribution < -0.4 is 14.4 Å². The van der Waals surface area contributed by atoms with Gasteiger partial charge in [0.15, 0.2) is 22.8 Å². The van der Waals surface area contributed by atoms with Crippen LogP contribution in [-0.4, -0.2) is 92.3 Å². The summed E-state index contributed by atoms with van der Waals surface area (Å²) in [5, 5.41) is 22.0. The molecule has 0 radical (unpaired) electrons. The van der Waals surface area contributed by atoms with Crippen LogP contribution in [0.25, 0.3) is 6.08 Å². The molecule has 3 aliphatic carbocycles. The van der Waals surface area contributed by atoms with Crippen molar-refractivity contribution >= 4 is 29.4 Å². The number of ether oxygens (including phenoxy) is 3. The third kappa shape index (κ3) is 6.06. The third-order valence-corrected chi connectivity index (χ3v) is 13.4. The van der Waals surface area contributed by atoms with Gasteiger partial charge in [0, 0.05) is 68.3 Å². The van der Waals surface area contributed by atoms with Crippen molar-refractivity contribution in [3.05, 3.63) is 82.6 Å². The fraction of sp³-hybridized carbons (Fsp3) is 0.522. The van der Waals surface area contributed by atoms with Crippen LogP contribution in [-0.2, 0) is 20.7 Å². The van der Waals surface area contributed by atoms with Gasteiger partial charge in [0.2, 0.25) is 0 Å². The van der Waals surface area contributed by atoms with Gasteiger partial charge in [-0.2, -0.15) is 0 Å². The number of rotatable bonds is 10. The minimum absolute atomic E-state index is 0.0737. The Hall–Kier alpha value is -4.74. The molecule has 3 saturated carbocycles. The van der Waals surface area contributed by atoms with Crippen molar-refractivity contribution in [2.45, 2.75) is 109 Å². The van der Waals surface area contributed by atoms with Crippen LogP contribution >= 0.6 is 0 Å². The van der Waals surface area contributed by atoms with E-state index in [1.54, 1.807) is 6.20 Å². The van der Waals surface area contributed by atoms with E-state index in [9.17, 15) is 15.0 Å². The number of phenols is 1. The number of hydrogen-bond acceptors (Lipinski definition) is 10. The number of aromatic nitrogens is 1. The number of ketones is 2. The van der Waals surface area contributed by atoms with E-state index in [0.29, 0.717) is 62.3 Å². The Labute approximate surface area is 335 Å². The van der Waals surface area contributed by atoms with Crippen LogP contribution in [0.15, 0.2) is 65.9 Å². The van der Waals surface area contributed by atoms with Crippen LogP contribution in [0, 0.1) is 17.8 Å². The van der Waals surface area contributed by atoms with E-state index in [2.05, 4.69) is 40.8 Å². The molecule has 2 saturated heterocycles. The number of phenolic OH excluding ortho intramolecular Hbond substituents is 1. The molecule has 11 nitrogen and oxygen atoms in total. The number of benzene rings is 1. The monoisotopic (exact) mass is 777 g/mol. The molecule has 7 atom stereocenters. The number of carboxylic acids is 1. The number of fused-ring (bicyclic) bond motifs is 2. The number of hydrogen-bond donors (Lipinski definition) is 2. The minimum Gasteiger partial charge on any atom is -0.506 e. The second kappa shape index (κ2) is 14.0. The zero-order valence-corrected chi connectivity index (χ0v) is 34.1. The number of aromatic hydroxyl groups is 1. The smallest absolute Gasteiger partial charge is 0.327 e. The average Bonchev–Trinajstić information content (AvgIpc) is 3.30. The average molecular weight is 778 g/mol. The van der Waals surface area contributed by atoms with Gasteiger partial charge in [-0.05, 0) is 98.4 Å². The van der Waals surface area contributed by atoms with Crippen molar-refractivity contribution in [1.82, 2.24) is 9.88 Å². The molecule has 2 aromatic rings. The molecule has 7 aliphatic rings. The first-order chi connectivity index (χ1) is 27.0. The van der Waals surface area contributed by atoms with Crippen molar-refractivity contribution in [3.63, 3.8) is 0 Å². The summed E-state index contributed by atoms with van der Waals surface area (Å²) in [5.41, 5.74) is -1.32. The fourth-order valence-electron chi connectivity index (χ4n) is 11.0. The van der Waals surface area contributed by atoms with E-state index < -0.39 is 52.2 Å². The number of carboxylic acid groups (broad SMARTS) is 1. The Bertz CT molecular complexity index is 2120. The highest BCUT2D eigenvalue weighted by Crippen LogP contribution is 2.71. The number of Topliss-reactive ketones (excluding diaryl/α,β-unsaturated/α-hetero) is 2. The number of pyridine rings is 1. The Morgan fingerprint density at radius 2 is 1.74 bits per heavy atom. The van der Waals surface area contributed by atoms with Gasteiger partial charge in [0.25, 0.3) is 0 Å². The van der Waals surface area contributed by atoms with Crippen molar-refractivity contribution < 1.29 is 38.8 Å². The van der Waals surface area contributed by atoms with Gasteiger partial charge in [0.05, 0.1) is 17.1 Å². The lowest BCUT2D eigenvalue weighted by Gasteiger charge is -2.65. The number of piperazine rings is 1. The number of nitrogens with zero attached hydrogens (tertiary/aromatic N) is 3. The summed E-state index contributed by atoms with van der Waals surface area (Å²) in [5.74, 6) is -2.10. The molecule has 5 heterocycles. The lowest BCUT2D eigenvalue weighted by atomic mass is 9.44. The maximum absolute atomic E-state index is 15.8. The van der Waals surface area contributed by atoms with Gasteiger partial charge in [-0.15, -0.1) is 0 Å². The zero-order valence-electron chi connectivity index (χ0n) is 34.1. The normalized spacial score (nSPS) is 31.9.